The number of nitrogens with zero attached hydrogens (tertiary/aromatic N) is 1. The maximum Gasteiger partial charge on any atom is 0.397 e. The van der Waals surface area contributed by atoms with E-state index in [0.717, 1.165) is 0 Å². The topological polar surface area (TPSA) is 29.5 Å². The summed E-state index contributed by atoms with van der Waals surface area (Å²) in [6.07, 6.45) is -5.68. The summed E-state index contributed by atoms with van der Waals surface area (Å²) in [6, 6.07) is 6.76. The normalized spacial score (nSPS) is 19.2. The molecule has 1 heterocycles. The first kappa shape index (κ1) is 15.0. The Bertz CT molecular complexity index is 493. The molecule has 0 N–H and O–H groups in total. The molecule has 1 atom stereocenters. The van der Waals surface area contributed by atoms with Crippen LogP contribution in [0.1, 0.15) is 12.8 Å². The number of likely N-dealkylation sites (tertiary alicyclic amines) is 1. The van der Waals surface area contributed by atoms with Gasteiger partial charge in [0.2, 0.25) is 5.91 Å². The molecule has 1 saturated heterocycles. The summed E-state index contributed by atoms with van der Waals surface area (Å²) in [5.74, 6) is -0.359. The molecule has 0 bridgehead atoms. The average Bonchev–Trinajstić information content (AvgIpc) is 2.75. The van der Waals surface area contributed by atoms with Crippen molar-refractivity contribution in [2.75, 3.05) is 13.1 Å². The first-order valence-corrected chi connectivity index (χ1v) is 6.48. The second-order valence-electron chi connectivity index (χ2n) is 4.62. The molecule has 0 aliphatic carbocycles. The molecule has 1 fully saturated rings. The highest BCUT2D eigenvalue weighted by atomic mass is 35.5. The minimum Gasteiger partial charge on any atom is -0.488 e. The van der Waals surface area contributed by atoms with Gasteiger partial charge in [0.25, 0.3) is 0 Å². The van der Waals surface area contributed by atoms with Crippen molar-refractivity contribution in [3.8, 4) is 5.75 Å². The number of benzene rings is 1. The van der Waals surface area contributed by atoms with Crippen molar-refractivity contribution in [1.82, 2.24) is 4.90 Å². The van der Waals surface area contributed by atoms with E-state index >= 15 is 0 Å². The highest BCUT2D eigenvalue weighted by molar-refractivity contribution is 6.30. The van der Waals surface area contributed by atoms with E-state index in [1.807, 2.05) is 0 Å². The van der Waals surface area contributed by atoms with Crippen LogP contribution in [0.2, 0.25) is 5.02 Å². The van der Waals surface area contributed by atoms with Crippen LogP contribution in [-0.2, 0) is 4.79 Å². The predicted molar refractivity (Wildman–Crippen MR) is 67.7 cm³/mol. The molecule has 0 saturated carbocycles. The van der Waals surface area contributed by atoms with Gasteiger partial charge < -0.3 is 9.64 Å². The van der Waals surface area contributed by atoms with Crippen LogP contribution in [0.5, 0.6) is 5.75 Å². The monoisotopic (exact) mass is 307 g/mol. The van der Waals surface area contributed by atoms with E-state index in [9.17, 15) is 18.0 Å². The fraction of sp³-hybridized carbons (Fsp3) is 0.462. The molecule has 2 rings (SSSR count). The Morgan fingerprint density at radius 3 is 2.85 bits per heavy atom. The summed E-state index contributed by atoms with van der Waals surface area (Å²) in [4.78, 5) is 12.6. The van der Waals surface area contributed by atoms with Crippen molar-refractivity contribution >= 4 is 17.5 Å². The standard InChI is InChI=1S/C13H13ClF3NO2/c14-9-2-1-3-10(6-9)20-11-4-5-18(8-11)12(19)7-13(15,16)17/h1-3,6,11H,4-5,7-8H2/t11-/m0/s1. The number of amides is 1. The first-order valence-electron chi connectivity index (χ1n) is 6.10. The maximum atomic E-state index is 12.2. The van der Waals surface area contributed by atoms with Crippen LogP contribution in [0.25, 0.3) is 0 Å². The van der Waals surface area contributed by atoms with Gasteiger partial charge in [-0.3, -0.25) is 4.79 Å². The van der Waals surface area contributed by atoms with Crippen molar-refractivity contribution < 1.29 is 22.7 Å². The molecule has 0 aromatic heterocycles. The van der Waals surface area contributed by atoms with Crippen molar-refractivity contribution in [2.24, 2.45) is 0 Å². The zero-order valence-corrected chi connectivity index (χ0v) is 11.2. The van der Waals surface area contributed by atoms with Crippen molar-refractivity contribution in [1.29, 1.82) is 0 Å². The van der Waals surface area contributed by atoms with E-state index in [0.29, 0.717) is 17.2 Å². The molecular weight excluding hydrogens is 295 g/mol. The van der Waals surface area contributed by atoms with E-state index < -0.39 is 18.5 Å². The first-order chi connectivity index (χ1) is 9.33. The van der Waals surface area contributed by atoms with Crippen LogP contribution in [0, 0.1) is 0 Å². The largest absolute Gasteiger partial charge is 0.488 e. The lowest BCUT2D eigenvalue weighted by molar-refractivity contribution is -0.160. The van der Waals surface area contributed by atoms with Crippen LogP contribution in [0.15, 0.2) is 24.3 Å². The minimum absolute atomic E-state index is 0.168. The number of carbonyl (C=O) groups is 1. The molecule has 20 heavy (non-hydrogen) atoms. The molecule has 1 amide bonds. The highest BCUT2D eigenvalue weighted by Crippen LogP contribution is 2.25. The maximum absolute atomic E-state index is 12.2. The van der Waals surface area contributed by atoms with E-state index in [-0.39, 0.29) is 19.2 Å². The molecule has 0 radical (unpaired) electrons. The SMILES string of the molecule is O=C(CC(F)(F)F)N1CC[C@H](Oc2cccc(Cl)c2)C1. The van der Waals surface area contributed by atoms with E-state index in [2.05, 4.69) is 0 Å². The lowest BCUT2D eigenvalue weighted by atomic mass is 10.3. The van der Waals surface area contributed by atoms with Gasteiger partial charge in [0.1, 0.15) is 18.3 Å². The summed E-state index contributed by atoms with van der Waals surface area (Å²) >= 11 is 5.81. The second kappa shape index (κ2) is 5.91. The Kier molecular flexibility index (Phi) is 4.42. The zero-order chi connectivity index (χ0) is 14.8. The Morgan fingerprint density at radius 2 is 2.20 bits per heavy atom. The van der Waals surface area contributed by atoms with E-state index in [1.165, 1.54) is 4.90 Å². The van der Waals surface area contributed by atoms with E-state index in [4.69, 9.17) is 16.3 Å². The molecular formula is C13H13ClF3NO2. The fourth-order valence-electron chi connectivity index (χ4n) is 2.07. The van der Waals surface area contributed by atoms with Crippen molar-refractivity contribution in [2.45, 2.75) is 25.1 Å². The van der Waals surface area contributed by atoms with E-state index in [1.54, 1.807) is 24.3 Å². The Morgan fingerprint density at radius 1 is 1.45 bits per heavy atom. The van der Waals surface area contributed by atoms with Gasteiger partial charge in [0.05, 0.1) is 6.54 Å². The van der Waals surface area contributed by atoms with Gasteiger partial charge in [-0.05, 0) is 18.2 Å². The van der Waals surface area contributed by atoms with Gasteiger partial charge in [-0.15, -0.1) is 0 Å². The third kappa shape index (κ3) is 4.30. The fourth-order valence-corrected chi connectivity index (χ4v) is 2.25. The van der Waals surface area contributed by atoms with Crippen LogP contribution < -0.4 is 4.74 Å². The third-order valence-electron chi connectivity index (χ3n) is 2.95. The molecule has 1 aromatic rings. The van der Waals surface area contributed by atoms with Crippen molar-refractivity contribution in [3.63, 3.8) is 0 Å². The van der Waals surface area contributed by atoms with Crippen LogP contribution in [0.3, 0.4) is 0 Å². The third-order valence-corrected chi connectivity index (χ3v) is 3.18. The molecule has 1 aromatic carbocycles. The predicted octanol–water partition coefficient (Wildman–Crippen LogP) is 3.27. The Labute approximate surface area is 119 Å². The van der Waals surface area contributed by atoms with Crippen LogP contribution in [0.4, 0.5) is 13.2 Å². The molecule has 3 nitrogen and oxygen atoms in total. The Hall–Kier alpha value is -1.43. The summed E-state index contributed by atoms with van der Waals surface area (Å²) in [6.45, 7) is 0.446. The van der Waals surface area contributed by atoms with Gasteiger partial charge in [0.15, 0.2) is 0 Å². The van der Waals surface area contributed by atoms with Gasteiger partial charge >= 0.3 is 6.18 Å². The van der Waals surface area contributed by atoms with Crippen LogP contribution in [-0.4, -0.2) is 36.2 Å². The lowest BCUT2D eigenvalue weighted by Crippen LogP contribution is -2.33. The lowest BCUT2D eigenvalue weighted by Gasteiger charge is -2.18. The smallest absolute Gasteiger partial charge is 0.397 e. The van der Waals surface area contributed by atoms with Gasteiger partial charge in [0, 0.05) is 18.0 Å². The minimum atomic E-state index is -4.47. The number of alkyl halides is 3. The molecule has 1 aliphatic heterocycles. The van der Waals surface area contributed by atoms with Gasteiger partial charge in [-0.25, -0.2) is 0 Å². The number of hydrogen-bond donors (Lipinski definition) is 0. The highest BCUT2D eigenvalue weighted by Gasteiger charge is 2.36. The number of halogens is 4. The summed E-state index contributed by atoms with van der Waals surface area (Å²) in [5.41, 5.74) is 0. The van der Waals surface area contributed by atoms with Gasteiger partial charge in [-0.2, -0.15) is 13.2 Å². The molecule has 0 unspecified atom stereocenters. The summed E-state index contributed by atoms with van der Waals surface area (Å²) < 4.78 is 42.1. The molecule has 110 valence electrons. The number of carbonyl (C=O) groups excluding carboxylic acids is 1. The number of rotatable bonds is 3. The number of ether oxygens (including phenoxy) is 1. The van der Waals surface area contributed by atoms with Crippen molar-refractivity contribution in [3.05, 3.63) is 29.3 Å². The van der Waals surface area contributed by atoms with Crippen LogP contribution >= 0.6 is 11.6 Å². The number of hydrogen-bond acceptors (Lipinski definition) is 2. The molecule has 7 heteroatoms. The molecule has 1 aliphatic rings. The summed E-state index contributed by atoms with van der Waals surface area (Å²) in [7, 11) is 0. The van der Waals surface area contributed by atoms with Gasteiger partial charge in [-0.1, -0.05) is 17.7 Å². The Balaban J connectivity index is 1.88. The molecule has 0 spiro atoms. The second-order valence-corrected chi connectivity index (χ2v) is 5.05. The average molecular weight is 308 g/mol. The quantitative estimate of drug-likeness (QED) is 0.858. The zero-order valence-electron chi connectivity index (χ0n) is 10.5. The summed E-state index contributed by atoms with van der Waals surface area (Å²) in [5, 5.41) is 0.519.